The molecule has 5 heteroatoms. The molecular formula is C15H20F2N2O. The summed E-state index contributed by atoms with van der Waals surface area (Å²) in [5, 5.41) is 5.85. The van der Waals surface area contributed by atoms with E-state index in [1.54, 1.807) is 0 Å². The van der Waals surface area contributed by atoms with Gasteiger partial charge in [0, 0.05) is 24.2 Å². The van der Waals surface area contributed by atoms with Gasteiger partial charge >= 0.3 is 0 Å². The van der Waals surface area contributed by atoms with Crippen LogP contribution in [0.4, 0.5) is 8.78 Å². The van der Waals surface area contributed by atoms with Gasteiger partial charge in [-0.3, -0.25) is 4.79 Å². The Morgan fingerprint density at radius 2 is 1.95 bits per heavy atom. The van der Waals surface area contributed by atoms with Gasteiger partial charge in [-0.05, 0) is 18.9 Å². The van der Waals surface area contributed by atoms with Crippen molar-refractivity contribution in [2.45, 2.75) is 44.7 Å². The highest BCUT2D eigenvalue weighted by atomic mass is 19.1. The molecule has 1 fully saturated rings. The summed E-state index contributed by atoms with van der Waals surface area (Å²) in [4.78, 5) is 11.7. The number of hydrogen-bond donors (Lipinski definition) is 2. The van der Waals surface area contributed by atoms with Crippen LogP contribution < -0.4 is 10.6 Å². The Bertz CT molecular complexity index is 459. The molecule has 2 N–H and O–H groups in total. The Morgan fingerprint density at radius 3 is 2.65 bits per heavy atom. The van der Waals surface area contributed by atoms with Crippen LogP contribution in [0, 0.1) is 11.6 Å². The van der Waals surface area contributed by atoms with Crippen LogP contribution >= 0.6 is 0 Å². The standard InChI is InChI=1S/C15H20F2N2O/c16-12-7-6-11(14(17)8-12)9-18-10-15(20)19-13-4-2-1-3-5-13/h6-8,13,18H,1-5,9-10H2,(H,19,20). The van der Waals surface area contributed by atoms with Gasteiger partial charge < -0.3 is 10.6 Å². The van der Waals surface area contributed by atoms with Gasteiger partial charge in [0.15, 0.2) is 0 Å². The Kier molecular flexibility index (Phi) is 5.47. The summed E-state index contributed by atoms with van der Waals surface area (Å²) >= 11 is 0. The molecule has 1 aliphatic carbocycles. The summed E-state index contributed by atoms with van der Waals surface area (Å²) in [5.74, 6) is -1.26. The fraction of sp³-hybridized carbons (Fsp3) is 0.533. The van der Waals surface area contributed by atoms with Crippen molar-refractivity contribution in [1.82, 2.24) is 10.6 Å². The zero-order valence-corrected chi connectivity index (χ0v) is 11.4. The van der Waals surface area contributed by atoms with Gasteiger partial charge in [0.25, 0.3) is 0 Å². The molecule has 1 aliphatic rings. The van der Waals surface area contributed by atoms with Gasteiger partial charge in [0.05, 0.1) is 6.54 Å². The maximum atomic E-state index is 13.4. The molecule has 0 aromatic heterocycles. The van der Waals surface area contributed by atoms with E-state index >= 15 is 0 Å². The number of carbonyl (C=O) groups is 1. The van der Waals surface area contributed by atoms with Crippen molar-refractivity contribution in [2.24, 2.45) is 0 Å². The first kappa shape index (κ1) is 14.9. The van der Waals surface area contributed by atoms with Crippen LogP contribution in [0.15, 0.2) is 18.2 Å². The van der Waals surface area contributed by atoms with E-state index in [1.165, 1.54) is 31.4 Å². The normalized spacial score (nSPS) is 16.1. The molecule has 0 heterocycles. The summed E-state index contributed by atoms with van der Waals surface area (Å²) in [6, 6.07) is 3.72. The van der Waals surface area contributed by atoms with Crippen molar-refractivity contribution in [3.05, 3.63) is 35.4 Å². The summed E-state index contributed by atoms with van der Waals surface area (Å²) < 4.78 is 26.1. The van der Waals surface area contributed by atoms with Crippen molar-refractivity contribution < 1.29 is 13.6 Å². The average Bonchev–Trinajstić information content (AvgIpc) is 2.42. The molecule has 2 rings (SSSR count). The molecule has 0 unspecified atom stereocenters. The summed E-state index contributed by atoms with van der Waals surface area (Å²) in [5.41, 5.74) is 0.358. The molecule has 1 aromatic carbocycles. The molecule has 0 atom stereocenters. The predicted octanol–water partition coefficient (Wildman–Crippen LogP) is 2.50. The monoisotopic (exact) mass is 282 g/mol. The molecule has 110 valence electrons. The van der Waals surface area contributed by atoms with Crippen molar-refractivity contribution in [2.75, 3.05) is 6.54 Å². The van der Waals surface area contributed by atoms with Crippen molar-refractivity contribution >= 4 is 5.91 Å². The van der Waals surface area contributed by atoms with E-state index in [4.69, 9.17) is 0 Å². The number of halogens is 2. The molecule has 3 nitrogen and oxygen atoms in total. The first-order chi connectivity index (χ1) is 9.65. The lowest BCUT2D eigenvalue weighted by atomic mass is 9.95. The lowest BCUT2D eigenvalue weighted by Gasteiger charge is -2.22. The minimum Gasteiger partial charge on any atom is -0.352 e. The highest BCUT2D eigenvalue weighted by Gasteiger charge is 2.15. The van der Waals surface area contributed by atoms with Crippen LogP contribution in [0.3, 0.4) is 0 Å². The molecular weight excluding hydrogens is 262 g/mol. The minimum atomic E-state index is -0.596. The molecule has 0 spiro atoms. The second-order valence-corrected chi connectivity index (χ2v) is 5.24. The van der Waals surface area contributed by atoms with E-state index in [0.717, 1.165) is 18.9 Å². The highest BCUT2D eigenvalue weighted by Crippen LogP contribution is 2.17. The van der Waals surface area contributed by atoms with Crippen LogP contribution in [0.5, 0.6) is 0 Å². The van der Waals surface area contributed by atoms with E-state index in [0.29, 0.717) is 5.56 Å². The summed E-state index contributed by atoms with van der Waals surface area (Å²) in [6.45, 7) is 0.359. The van der Waals surface area contributed by atoms with Gasteiger partial charge in [-0.1, -0.05) is 25.3 Å². The number of hydrogen-bond acceptors (Lipinski definition) is 2. The summed E-state index contributed by atoms with van der Waals surface area (Å²) in [6.07, 6.45) is 5.66. The number of carbonyl (C=O) groups excluding carboxylic acids is 1. The van der Waals surface area contributed by atoms with Crippen molar-refractivity contribution in [1.29, 1.82) is 0 Å². The van der Waals surface area contributed by atoms with Crippen LogP contribution in [0.1, 0.15) is 37.7 Å². The Balaban J connectivity index is 1.70. The smallest absolute Gasteiger partial charge is 0.234 e. The topological polar surface area (TPSA) is 41.1 Å². The third-order valence-corrected chi connectivity index (χ3v) is 3.59. The second-order valence-electron chi connectivity index (χ2n) is 5.24. The highest BCUT2D eigenvalue weighted by molar-refractivity contribution is 5.78. The van der Waals surface area contributed by atoms with Gasteiger partial charge in [0.1, 0.15) is 11.6 Å². The molecule has 1 saturated carbocycles. The third kappa shape index (κ3) is 4.56. The number of nitrogens with one attached hydrogen (secondary N) is 2. The van der Waals surface area contributed by atoms with E-state index in [-0.39, 0.29) is 25.0 Å². The molecule has 0 radical (unpaired) electrons. The first-order valence-electron chi connectivity index (χ1n) is 7.09. The first-order valence-corrected chi connectivity index (χ1v) is 7.09. The number of rotatable bonds is 5. The average molecular weight is 282 g/mol. The molecule has 0 saturated heterocycles. The van der Waals surface area contributed by atoms with Crippen molar-refractivity contribution in [3.8, 4) is 0 Å². The van der Waals surface area contributed by atoms with Crippen LogP contribution in [0.2, 0.25) is 0 Å². The molecule has 1 amide bonds. The zero-order valence-electron chi connectivity index (χ0n) is 11.4. The number of amides is 1. The molecule has 0 bridgehead atoms. The van der Waals surface area contributed by atoms with E-state index in [1.807, 2.05) is 0 Å². The van der Waals surface area contributed by atoms with Gasteiger partial charge in [-0.25, -0.2) is 8.78 Å². The van der Waals surface area contributed by atoms with Crippen LogP contribution in [0.25, 0.3) is 0 Å². The van der Waals surface area contributed by atoms with Gasteiger partial charge in [0.2, 0.25) is 5.91 Å². The van der Waals surface area contributed by atoms with E-state index in [9.17, 15) is 13.6 Å². The SMILES string of the molecule is O=C(CNCc1ccc(F)cc1F)NC1CCCCC1. The lowest BCUT2D eigenvalue weighted by molar-refractivity contribution is -0.121. The fourth-order valence-electron chi connectivity index (χ4n) is 2.50. The number of benzene rings is 1. The summed E-state index contributed by atoms with van der Waals surface area (Å²) in [7, 11) is 0. The maximum absolute atomic E-state index is 13.4. The van der Waals surface area contributed by atoms with Crippen molar-refractivity contribution in [3.63, 3.8) is 0 Å². The van der Waals surface area contributed by atoms with E-state index < -0.39 is 11.6 Å². The quantitative estimate of drug-likeness (QED) is 0.871. The maximum Gasteiger partial charge on any atom is 0.234 e. The van der Waals surface area contributed by atoms with Gasteiger partial charge in [-0.2, -0.15) is 0 Å². The Hall–Kier alpha value is -1.49. The molecule has 0 aliphatic heterocycles. The van der Waals surface area contributed by atoms with E-state index in [2.05, 4.69) is 10.6 Å². The van der Waals surface area contributed by atoms with Gasteiger partial charge in [-0.15, -0.1) is 0 Å². The lowest BCUT2D eigenvalue weighted by Crippen LogP contribution is -2.41. The zero-order chi connectivity index (χ0) is 14.4. The molecule has 20 heavy (non-hydrogen) atoms. The molecule has 1 aromatic rings. The fourth-order valence-corrected chi connectivity index (χ4v) is 2.50. The largest absolute Gasteiger partial charge is 0.352 e. The van der Waals surface area contributed by atoms with Crippen LogP contribution in [-0.2, 0) is 11.3 Å². The Morgan fingerprint density at radius 1 is 1.20 bits per heavy atom. The Labute approximate surface area is 117 Å². The third-order valence-electron chi connectivity index (χ3n) is 3.59. The predicted molar refractivity (Wildman–Crippen MR) is 73.1 cm³/mol. The van der Waals surface area contributed by atoms with Crippen LogP contribution in [-0.4, -0.2) is 18.5 Å². The minimum absolute atomic E-state index is 0.0700. The second kappa shape index (κ2) is 7.33.